The van der Waals surface area contributed by atoms with E-state index in [1.807, 2.05) is 54.6 Å². The molecule has 0 aliphatic carbocycles. The topological polar surface area (TPSA) is 56.1 Å². The summed E-state index contributed by atoms with van der Waals surface area (Å²) in [6, 6.07) is 17.0. The number of carbonyl (C=O) groups excluding carboxylic acids is 1. The van der Waals surface area contributed by atoms with Gasteiger partial charge in [-0.2, -0.15) is 0 Å². The number of ether oxygens (including phenoxy) is 1. The highest BCUT2D eigenvalue weighted by atomic mass is 32.2. The molecule has 5 nitrogen and oxygen atoms in total. The number of benzene rings is 2. The van der Waals surface area contributed by atoms with Crippen LogP contribution in [0, 0.1) is 0 Å². The van der Waals surface area contributed by atoms with Gasteiger partial charge >= 0.3 is 0 Å². The summed E-state index contributed by atoms with van der Waals surface area (Å²) < 4.78 is 7.62. The highest BCUT2D eigenvalue weighted by Crippen LogP contribution is 2.29. The molecule has 1 aliphatic rings. The van der Waals surface area contributed by atoms with Crippen molar-refractivity contribution < 1.29 is 9.53 Å². The minimum Gasteiger partial charge on any atom is -0.484 e. The van der Waals surface area contributed by atoms with Gasteiger partial charge in [-0.05, 0) is 24.3 Å². The normalized spacial score (nSPS) is 12.6. The predicted octanol–water partition coefficient (Wildman–Crippen LogP) is 3.67. The Labute approximate surface area is 150 Å². The lowest BCUT2D eigenvalue weighted by molar-refractivity contribution is -0.118. The van der Waals surface area contributed by atoms with Gasteiger partial charge in [0.25, 0.3) is 5.91 Å². The molecule has 1 N–H and O–H groups in total. The summed E-state index contributed by atoms with van der Waals surface area (Å²) in [5, 5.41) is 3.91. The van der Waals surface area contributed by atoms with Crippen molar-refractivity contribution in [2.24, 2.45) is 0 Å². The number of carbonyl (C=O) groups is 1. The third kappa shape index (κ3) is 3.69. The van der Waals surface area contributed by atoms with Gasteiger partial charge in [0.2, 0.25) is 0 Å². The average Bonchev–Trinajstić information content (AvgIpc) is 3.24. The van der Waals surface area contributed by atoms with E-state index < -0.39 is 0 Å². The third-order valence-corrected chi connectivity index (χ3v) is 4.85. The number of hydrogen-bond acceptors (Lipinski definition) is 4. The fraction of sp³-hybridized carbons (Fsp3) is 0.158. The Morgan fingerprint density at radius 2 is 1.96 bits per heavy atom. The molecular weight excluding hydrogens is 334 g/mol. The summed E-state index contributed by atoms with van der Waals surface area (Å²) in [5.74, 6) is 1.59. The fourth-order valence-electron chi connectivity index (χ4n) is 2.64. The first-order valence-electron chi connectivity index (χ1n) is 8.06. The Morgan fingerprint density at radius 3 is 2.72 bits per heavy atom. The van der Waals surface area contributed by atoms with Crippen molar-refractivity contribution in [1.29, 1.82) is 0 Å². The van der Waals surface area contributed by atoms with Crippen LogP contribution in [0.25, 0.3) is 11.3 Å². The van der Waals surface area contributed by atoms with E-state index in [0.717, 1.165) is 34.4 Å². The molecule has 0 unspecified atom stereocenters. The monoisotopic (exact) mass is 351 g/mol. The van der Waals surface area contributed by atoms with E-state index in [1.165, 1.54) is 0 Å². The van der Waals surface area contributed by atoms with Crippen LogP contribution < -0.4 is 10.1 Å². The maximum Gasteiger partial charge on any atom is 0.262 e. The van der Waals surface area contributed by atoms with Crippen LogP contribution >= 0.6 is 11.8 Å². The Morgan fingerprint density at radius 1 is 1.16 bits per heavy atom. The first-order chi connectivity index (χ1) is 12.3. The molecule has 3 aromatic rings. The zero-order chi connectivity index (χ0) is 17.1. The summed E-state index contributed by atoms with van der Waals surface area (Å²) >= 11 is 1.78. The lowest BCUT2D eigenvalue weighted by Crippen LogP contribution is -2.20. The molecule has 0 radical (unpaired) electrons. The predicted molar refractivity (Wildman–Crippen MR) is 99.0 cm³/mol. The molecule has 0 fully saturated rings. The fourth-order valence-corrected chi connectivity index (χ4v) is 3.58. The molecule has 0 bridgehead atoms. The number of aromatic nitrogens is 2. The third-order valence-electron chi connectivity index (χ3n) is 3.88. The van der Waals surface area contributed by atoms with E-state index >= 15 is 0 Å². The van der Waals surface area contributed by atoms with Gasteiger partial charge in [-0.1, -0.05) is 42.1 Å². The molecule has 2 aromatic carbocycles. The molecule has 1 aliphatic heterocycles. The zero-order valence-corrected chi connectivity index (χ0v) is 14.3. The number of aryl methyl sites for hydroxylation is 1. The van der Waals surface area contributed by atoms with Gasteiger partial charge in [0, 0.05) is 29.7 Å². The molecule has 0 spiro atoms. The van der Waals surface area contributed by atoms with Crippen LogP contribution in [-0.2, 0) is 11.3 Å². The maximum atomic E-state index is 12.0. The number of fused-ring (bicyclic) bond motifs is 1. The number of para-hydroxylation sites is 1. The lowest BCUT2D eigenvalue weighted by Gasteiger charge is -2.08. The van der Waals surface area contributed by atoms with Crippen molar-refractivity contribution in [2.75, 3.05) is 17.7 Å². The van der Waals surface area contributed by atoms with Crippen LogP contribution in [0.1, 0.15) is 0 Å². The van der Waals surface area contributed by atoms with E-state index in [2.05, 4.69) is 21.1 Å². The van der Waals surface area contributed by atoms with E-state index in [0.29, 0.717) is 5.75 Å². The minimum absolute atomic E-state index is 0.0171. The Balaban J connectivity index is 1.36. The number of nitrogens with one attached hydrogen (secondary N) is 1. The quantitative estimate of drug-likeness (QED) is 0.762. The van der Waals surface area contributed by atoms with Gasteiger partial charge in [-0.3, -0.25) is 4.79 Å². The Kier molecular flexibility index (Phi) is 4.43. The van der Waals surface area contributed by atoms with Gasteiger partial charge in [-0.15, -0.1) is 0 Å². The molecule has 6 heteroatoms. The summed E-state index contributed by atoms with van der Waals surface area (Å²) in [7, 11) is 0. The second kappa shape index (κ2) is 7.03. The van der Waals surface area contributed by atoms with E-state index in [1.54, 1.807) is 11.8 Å². The molecule has 0 atom stereocenters. The largest absolute Gasteiger partial charge is 0.484 e. The van der Waals surface area contributed by atoms with Gasteiger partial charge < -0.3 is 14.6 Å². The van der Waals surface area contributed by atoms with Crippen molar-refractivity contribution in [3.8, 4) is 17.0 Å². The minimum atomic E-state index is -0.186. The molecular formula is C19H17N3O2S. The van der Waals surface area contributed by atoms with Crippen molar-refractivity contribution in [3.63, 3.8) is 0 Å². The van der Waals surface area contributed by atoms with E-state index in [4.69, 9.17) is 4.74 Å². The van der Waals surface area contributed by atoms with Crippen molar-refractivity contribution in [2.45, 2.75) is 11.7 Å². The maximum absolute atomic E-state index is 12.0. The van der Waals surface area contributed by atoms with Crippen LogP contribution in [0.4, 0.5) is 5.69 Å². The number of amides is 1. The second-order valence-corrected chi connectivity index (χ2v) is 6.74. The molecule has 4 rings (SSSR count). The van der Waals surface area contributed by atoms with Crippen molar-refractivity contribution in [3.05, 3.63) is 60.8 Å². The molecule has 25 heavy (non-hydrogen) atoms. The van der Waals surface area contributed by atoms with Crippen molar-refractivity contribution >= 4 is 23.4 Å². The van der Waals surface area contributed by atoms with E-state index in [9.17, 15) is 4.79 Å². The zero-order valence-electron chi connectivity index (χ0n) is 13.5. The first-order valence-corrected chi connectivity index (χ1v) is 9.04. The number of rotatable bonds is 5. The van der Waals surface area contributed by atoms with E-state index in [-0.39, 0.29) is 12.5 Å². The Hall–Kier alpha value is -2.73. The van der Waals surface area contributed by atoms with Gasteiger partial charge in [0.15, 0.2) is 11.8 Å². The average molecular weight is 351 g/mol. The molecule has 126 valence electrons. The summed E-state index contributed by atoms with van der Waals surface area (Å²) in [4.78, 5) is 16.6. The van der Waals surface area contributed by atoms with Crippen LogP contribution in [-0.4, -0.2) is 27.8 Å². The van der Waals surface area contributed by atoms with Gasteiger partial charge in [0.05, 0.1) is 5.69 Å². The van der Waals surface area contributed by atoms with Crippen LogP contribution in [0.15, 0.2) is 66.0 Å². The number of thioether (sulfide) groups is 1. The molecule has 0 saturated carbocycles. The SMILES string of the molecule is O=C(COc1ccccc1)Nc1ccc(-c2cn3c(n2)SCC3)cc1. The summed E-state index contributed by atoms with van der Waals surface area (Å²) in [6.45, 7) is 0.999. The number of anilines is 1. The van der Waals surface area contributed by atoms with Gasteiger partial charge in [-0.25, -0.2) is 4.98 Å². The summed E-state index contributed by atoms with van der Waals surface area (Å²) in [6.07, 6.45) is 2.08. The molecule has 2 heterocycles. The number of nitrogens with zero attached hydrogens (tertiary/aromatic N) is 2. The summed E-state index contributed by atoms with van der Waals surface area (Å²) in [5.41, 5.74) is 2.75. The highest BCUT2D eigenvalue weighted by Gasteiger charge is 2.15. The molecule has 1 amide bonds. The van der Waals surface area contributed by atoms with Crippen LogP contribution in [0.2, 0.25) is 0 Å². The van der Waals surface area contributed by atoms with Crippen molar-refractivity contribution in [1.82, 2.24) is 9.55 Å². The van der Waals surface area contributed by atoms with Crippen LogP contribution in [0.5, 0.6) is 5.75 Å². The number of imidazole rings is 1. The second-order valence-electron chi connectivity index (χ2n) is 5.68. The number of hydrogen-bond donors (Lipinski definition) is 1. The van der Waals surface area contributed by atoms with Crippen LogP contribution in [0.3, 0.4) is 0 Å². The molecule has 0 saturated heterocycles. The Bertz CT molecular complexity index is 854. The lowest BCUT2D eigenvalue weighted by atomic mass is 10.1. The standard InChI is InChI=1S/C19H17N3O2S/c23-18(13-24-16-4-2-1-3-5-16)20-15-8-6-14(7-9-15)17-12-22-10-11-25-19(22)21-17/h1-9,12H,10-11,13H2,(H,20,23). The first kappa shape index (κ1) is 15.8. The van der Waals surface area contributed by atoms with Gasteiger partial charge in [0.1, 0.15) is 5.75 Å². The smallest absolute Gasteiger partial charge is 0.262 e. The molecule has 1 aromatic heterocycles. The highest BCUT2D eigenvalue weighted by molar-refractivity contribution is 7.99.